The van der Waals surface area contributed by atoms with Crippen molar-refractivity contribution in [3.05, 3.63) is 37.7 Å². The number of nitrogen functional groups attached to an aromatic ring is 1. The van der Waals surface area contributed by atoms with Crippen molar-refractivity contribution in [2.24, 2.45) is 7.05 Å². The number of fused-ring (bicyclic) bond motifs is 5. The second-order valence-electron chi connectivity index (χ2n) is 13.6. The van der Waals surface area contributed by atoms with Crippen molar-refractivity contribution in [3.8, 4) is 23.5 Å². The topological polar surface area (TPSA) is 150 Å². The number of rotatable bonds is 6. The number of nitriles is 1. The number of likely N-dealkylation sites (tertiary alicyclic amines) is 1. The third-order valence-corrected chi connectivity index (χ3v) is 12.2. The van der Waals surface area contributed by atoms with Gasteiger partial charge in [-0.1, -0.05) is 5.16 Å². The summed E-state index contributed by atoms with van der Waals surface area (Å²) in [7, 11) is 5.59. The highest BCUT2D eigenvalue weighted by molar-refractivity contribution is 7.16. The zero-order chi connectivity index (χ0) is 31.9. The Labute approximate surface area is 271 Å². The number of nitrogens with two attached hydrogens (primary N) is 1. The average molecular weight is 645 g/mol. The van der Waals surface area contributed by atoms with Crippen LogP contribution >= 0.6 is 11.3 Å². The number of ether oxygens (including phenoxy) is 2. The SMILES string of the molecule is COC1CC(n2c(=O)n(C)c3c(O[C@@H](C)[C@@H]4CCCN4C)nc(-c4onc5c4CCC[C@@]54CCCc5sc(N)c(C#N)c54)nc32)C1. The number of hydrogen-bond donors (Lipinski definition) is 1. The van der Waals surface area contributed by atoms with E-state index in [9.17, 15) is 10.1 Å². The number of hydrogen-bond acceptors (Lipinski definition) is 11. The van der Waals surface area contributed by atoms with Gasteiger partial charge in [0.2, 0.25) is 17.5 Å². The Morgan fingerprint density at radius 2 is 1.96 bits per heavy atom. The monoisotopic (exact) mass is 644 g/mol. The Kier molecular flexibility index (Phi) is 7.04. The lowest BCUT2D eigenvalue weighted by atomic mass is 9.62. The van der Waals surface area contributed by atoms with E-state index in [1.807, 2.05) is 0 Å². The van der Waals surface area contributed by atoms with Gasteiger partial charge in [-0.05, 0) is 90.3 Å². The van der Waals surface area contributed by atoms with Gasteiger partial charge in [0.25, 0.3) is 0 Å². The van der Waals surface area contributed by atoms with Crippen LogP contribution in [-0.4, -0.2) is 68.1 Å². The summed E-state index contributed by atoms with van der Waals surface area (Å²) in [6, 6.07) is 2.61. The molecule has 2 fully saturated rings. The Morgan fingerprint density at radius 1 is 1.17 bits per heavy atom. The van der Waals surface area contributed by atoms with E-state index in [2.05, 4.69) is 24.9 Å². The molecule has 242 valence electrons. The van der Waals surface area contributed by atoms with Gasteiger partial charge in [0.15, 0.2) is 11.2 Å². The molecule has 12 nitrogen and oxygen atoms in total. The largest absolute Gasteiger partial charge is 0.471 e. The minimum atomic E-state index is -0.428. The second-order valence-corrected chi connectivity index (χ2v) is 14.7. The molecule has 0 radical (unpaired) electrons. The average Bonchev–Trinajstić information content (AvgIpc) is 3.78. The fourth-order valence-electron chi connectivity index (χ4n) is 8.70. The summed E-state index contributed by atoms with van der Waals surface area (Å²) < 4.78 is 21.8. The van der Waals surface area contributed by atoms with E-state index in [-0.39, 0.29) is 30.0 Å². The van der Waals surface area contributed by atoms with Crippen LogP contribution in [0, 0.1) is 11.3 Å². The fraction of sp³-hybridized carbons (Fsp3) is 0.606. The van der Waals surface area contributed by atoms with Crippen molar-refractivity contribution in [2.45, 2.75) is 101 Å². The molecule has 46 heavy (non-hydrogen) atoms. The Hall–Kier alpha value is -3.73. The number of thiophene rings is 1. The van der Waals surface area contributed by atoms with E-state index in [4.69, 9.17) is 34.9 Å². The lowest BCUT2D eigenvalue weighted by Crippen LogP contribution is -2.38. The molecule has 13 heteroatoms. The Bertz CT molecular complexity index is 1940. The molecule has 1 aliphatic heterocycles. The predicted octanol–water partition coefficient (Wildman–Crippen LogP) is 4.47. The molecular formula is C33H40N8O4S. The van der Waals surface area contributed by atoms with Crippen molar-refractivity contribution < 1.29 is 14.0 Å². The molecule has 8 rings (SSSR count). The van der Waals surface area contributed by atoms with Crippen LogP contribution in [0.15, 0.2) is 9.32 Å². The second kappa shape index (κ2) is 10.9. The third kappa shape index (κ3) is 4.22. The molecule has 4 aliphatic rings. The standard InChI is InChI=1S/C33H40N8O4S/c1-17(22-9-7-13-39(22)2)44-31-25-30(41(32(42)40(25)3)18-14-19(15-18)43-4)36-29(37-31)26-20-8-5-11-33(27(20)38-45-26)12-6-10-23-24(33)21(16-34)28(35)46-23/h17-19,22H,5-15,35H2,1-4H3/t17-,18?,19?,22-,33-/m0/s1. The molecule has 1 spiro atoms. The summed E-state index contributed by atoms with van der Waals surface area (Å²) >= 11 is 1.53. The van der Waals surface area contributed by atoms with Gasteiger partial charge in [-0.3, -0.25) is 14.0 Å². The highest BCUT2D eigenvalue weighted by Gasteiger charge is 2.48. The van der Waals surface area contributed by atoms with Crippen molar-refractivity contribution in [2.75, 3.05) is 26.4 Å². The normalized spacial score (nSPS) is 26.5. The van der Waals surface area contributed by atoms with Gasteiger partial charge in [-0.15, -0.1) is 11.3 Å². The quantitative estimate of drug-likeness (QED) is 0.318. The molecule has 3 aliphatic carbocycles. The number of imidazole rings is 1. The number of aromatic nitrogens is 5. The maximum atomic E-state index is 13.8. The molecule has 2 N–H and O–H groups in total. The number of anilines is 1. The Morgan fingerprint density at radius 3 is 2.67 bits per heavy atom. The van der Waals surface area contributed by atoms with E-state index in [1.165, 1.54) is 16.2 Å². The molecule has 4 aromatic rings. The first-order chi connectivity index (χ1) is 22.3. The first-order valence-corrected chi connectivity index (χ1v) is 17.3. The molecule has 1 saturated carbocycles. The van der Waals surface area contributed by atoms with Crippen LogP contribution in [-0.2, 0) is 30.0 Å². The van der Waals surface area contributed by atoms with E-state index in [1.54, 1.807) is 23.3 Å². The summed E-state index contributed by atoms with van der Waals surface area (Å²) in [5.41, 5.74) is 10.4. The zero-order valence-electron chi connectivity index (χ0n) is 26.8. The zero-order valence-corrected chi connectivity index (χ0v) is 27.7. The lowest BCUT2D eigenvalue weighted by Gasteiger charge is -2.39. The van der Waals surface area contributed by atoms with Crippen LogP contribution in [0.5, 0.6) is 5.88 Å². The van der Waals surface area contributed by atoms with Gasteiger partial charge in [0.1, 0.15) is 17.2 Å². The summed E-state index contributed by atoms with van der Waals surface area (Å²) in [5, 5.41) is 15.4. The molecule has 1 saturated heterocycles. The van der Waals surface area contributed by atoms with Crippen LogP contribution in [0.2, 0.25) is 0 Å². The summed E-state index contributed by atoms with van der Waals surface area (Å²) in [5.74, 6) is 1.25. The van der Waals surface area contributed by atoms with Crippen molar-refractivity contribution in [1.29, 1.82) is 5.26 Å². The molecule has 0 bridgehead atoms. The minimum Gasteiger partial charge on any atom is -0.471 e. The molecule has 0 amide bonds. The maximum Gasteiger partial charge on any atom is 0.330 e. The Balaban J connectivity index is 1.29. The van der Waals surface area contributed by atoms with Crippen LogP contribution in [0.1, 0.15) is 91.6 Å². The van der Waals surface area contributed by atoms with Crippen molar-refractivity contribution in [3.63, 3.8) is 0 Å². The summed E-state index contributed by atoms with van der Waals surface area (Å²) in [4.78, 5) is 27.3. The first kappa shape index (κ1) is 29.7. The molecule has 0 unspecified atom stereocenters. The number of nitrogens with zero attached hydrogens (tertiary/aromatic N) is 7. The summed E-state index contributed by atoms with van der Waals surface area (Å²) in [6.07, 6.45) is 8.93. The first-order valence-electron chi connectivity index (χ1n) is 16.5. The number of methoxy groups -OCH3 is 1. The van der Waals surface area contributed by atoms with Gasteiger partial charge in [-0.2, -0.15) is 10.2 Å². The van der Waals surface area contributed by atoms with Gasteiger partial charge in [-0.25, -0.2) is 9.78 Å². The molecule has 3 atom stereocenters. The highest BCUT2D eigenvalue weighted by atomic mass is 32.1. The van der Waals surface area contributed by atoms with E-state index >= 15 is 0 Å². The van der Waals surface area contributed by atoms with Gasteiger partial charge in [0, 0.05) is 42.1 Å². The van der Waals surface area contributed by atoms with Gasteiger partial charge >= 0.3 is 5.69 Å². The minimum absolute atomic E-state index is 0.0313. The van der Waals surface area contributed by atoms with E-state index in [0.29, 0.717) is 39.2 Å². The van der Waals surface area contributed by atoms with E-state index in [0.717, 1.165) is 87.6 Å². The van der Waals surface area contributed by atoms with E-state index < -0.39 is 5.41 Å². The number of likely N-dealkylation sites (N-methyl/N-ethyl adjacent to an activating group) is 1. The lowest BCUT2D eigenvalue weighted by molar-refractivity contribution is 0.00616. The molecular weight excluding hydrogens is 604 g/mol. The van der Waals surface area contributed by atoms with Crippen LogP contribution in [0.4, 0.5) is 5.00 Å². The van der Waals surface area contributed by atoms with Crippen LogP contribution in [0.3, 0.4) is 0 Å². The van der Waals surface area contributed by atoms with Crippen molar-refractivity contribution >= 4 is 27.5 Å². The molecule has 0 aromatic carbocycles. The maximum absolute atomic E-state index is 13.8. The third-order valence-electron chi connectivity index (χ3n) is 11.2. The predicted molar refractivity (Wildman–Crippen MR) is 173 cm³/mol. The highest BCUT2D eigenvalue weighted by Crippen LogP contribution is 2.55. The van der Waals surface area contributed by atoms with Gasteiger partial charge in [0.05, 0.1) is 17.4 Å². The van der Waals surface area contributed by atoms with Crippen LogP contribution < -0.4 is 16.2 Å². The number of aryl methyl sites for hydroxylation is 2. The van der Waals surface area contributed by atoms with Crippen molar-refractivity contribution in [1.82, 2.24) is 29.2 Å². The summed E-state index contributed by atoms with van der Waals surface area (Å²) in [6.45, 7) is 3.10. The van der Waals surface area contributed by atoms with Gasteiger partial charge < -0.3 is 19.7 Å². The smallest absolute Gasteiger partial charge is 0.330 e. The fourth-order valence-corrected chi connectivity index (χ4v) is 9.86. The van der Waals surface area contributed by atoms with Crippen LogP contribution in [0.25, 0.3) is 22.7 Å². The molecule has 5 heterocycles. The molecule has 4 aromatic heterocycles.